The van der Waals surface area contributed by atoms with Gasteiger partial charge >= 0.3 is 5.69 Å². The molecule has 0 spiro atoms. The number of benzene rings is 2. The number of halogens is 2. The van der Waals surface area contributed by atoms with Crippen molar-refractivity contribution in [2.45, 2.75) is 9.79 Å². The Balaban J connectivity index is 2.37. The molecule has 92 valence electrons. The van der Waals surface area contributed by atoms with Crippen LogP contribution >= 0.6 is 27.7 Å². The van der Waals surface area contributed by atoms with Gasteiger partial charge in [0.1, 0.15) is 0 Å². The Morgan fingerprint density at radius 2 is 1.83 bits per heavy atom. The third kappa shape index (κ3) is 2.88. The number of para-hydroxylation sites is 1. The lowest BCUT2D eigenvalue weighted by Crippen LogP contribution is -1.94. The van der Waals surface area contributed by atoms with Crippen molar-refractivity contribution in [3.63, 3.8) is 0 Å². The number of nitrogens with zero attached hydrogens (tertiary/aromatic N) is 1. The van der Waals surface area contributed by atoms with Crippen LogP contribution in [0.3, 0.4) is 0 Å². The summed E-state index contributed by atoms with van der Waals surface area (Å²) in [5.41, 5.74) is -0.481. The quantitative estimate of drug-likeness (QED) is 0.608. The Labute approximate surface area is 115 Å². The fourth-order valence-corrected chi connectivity index (χ4v) is 2.59. The van der Waals surface area contributed by atoms with Crippen LogP contribution < -0.4 is 0 Å². The number of hydrogen-bond donors (Lipinski definition) is 0. The SMILES string of the molecule is O=[N+]([O-])c1c(F)cccc1Sc1ccc(Br)cc1. The van der Waals surface area contributed by atoms with Crippen LogP contribution in [-0.4, -0.2) is 4.92 Å². The smallest absolute Gasteiger partial charge is 0.258 e. The molecule has 6 heteroatoms. The fraction of sp³-hybridized carbons (Fsp3) is 0. The van der Waals surface area contributed by atoms with E-state index in [-0.39, 0.29) is 0 Å². The fourth-order valence-electron chi connectivity index (χ4n) is 1.38. The van der Waals surface area contributed by atoms with E-state index in [1.165, 1.54) is 12.1 Å². The third-order valence-corrected chi connectivity index (χ3v) is 3.76. The summed E-state index contributed by atoms with van der Waals surface area (Å²) in [4.78, 5) is 11.2. The monoisotopic (exact) mass is 327 g/mol. The predicted octanol–water partition coefficient (Wildman–Crippen LogP) is 4.65. The Morgan fingerprint density at radius 1 is 1.17 bits per heavy atom. The molecular formula is C12H7BrFNO2S. The summed E-state index contributed by atoms with van der Waals surface area (Å²) >= 11 is 4.47. The highest BCUT2D eigenvalue weighted by atomic mass is 79.9. The van der Waals surface area contributed by atoms with Crippen LogP contribution in [0.25, 0.3) is 0 Å². The average molecular weight is 328 g/mol. The Hall–Kier alpha value is -1.40. The van der Waals surface area contributed by atoms with Gasteiger partial charge in [0.05, 0.1) is 9.82 Å². The third-order valence-electron chi connectivity index (χ3n) is 2.17. The maximum Gasteiger partial charge on any atom is 0.318 e. The molecular weight excluding hydrogens is 321 g/mol. The standard InChI is InChI=1S/C12H7BrFNO2S/c13-8-4-6-9(7-5-8)18-11-3-1-2-10(14)12(11)15(16)17/h1-7H. The minimum atomic E-state index is -0.817. The molecule has 0 heterocycles. The second-order valence-corrected chi connectivity index (χ2v) is 5.43. The molecule has 0 aliphatic heterocycles. The Bertz CT molecular complexity index is 589. The van der Waals surface area contributed by atoms with E-state index in [1.54, 1.807) is 0 Å². The van der Waals surface area contributed by atoms with Gasteiger partial charge in [-0.1, -0.05) is 33.8 Å². The molecule has 0 N–H and O–H groups in total. The zero-order valence-corrected chi connectivity index (χ0v) is 11.4. The van der Waals surface area contributed by atoms with Crippen LogP contribution in [0.15, 0.2) is 56.7 Å². The average Bonchev–Trinajstić information content (AvgIpc) is 2.32. The normalized spacial score (nSPS) is 10.3. The topological polar surface area (TPSA) is 43.1 Å². The molecule has 3 nitrogen and oxygen atoms in total. The van der Waals surface area contributed by atoms with Gasteiger partial charge in [-0.05, 0) is 36.4 Å². The van der Waals surface area contributed by atoms with Gasteiger partial charge in [0.2, 0.25) is 5.82 Å². The molecule has 2 aromatic carbocycles. The molecule has 18 heavy (non-hydrogen) atoms. The van der Waals surface area contributed by atoms with Gasteiger partial charge in [-0.2, -0.15) is 4.39 Å². The summed E-state index contributed by atoms with van der Waals surface area (Å²) in [6.45, 7) is 0. The van der Waals surface area contributed by atoms with E-state index in [0.29, 0.717) is 4.90 Å². The molecule has 0 unspecified atom stereocenters. The van der Waals surface area contributed by atoms with E-state index in [2.05, 4.69) is 15.9 Å². The molecule has 0 radical (unpaired) electrons. The van der Waals surface area contributed by atoms with Crippen LogP contribution in [0.4, 0.5) is 10.1 Å². The number of nitro groups is 1. The van der Waals surface area contributed by atoms with E-state index in [9.17, 15) is 14.5 Å². The van der Waals surface area contributed by atoms with Gasteiger partial charge in [0, 0.05) is 9.37 Å². The summed E-state index contributed by atoms with van der Waals surface area (Å²) in [6, 6.07) is 11.4. The van der Waals surface area contributed by atoms with Gasteiger partial charge in [0.25, 0.3) is 0 Å². The highest BCUT2D eigenvalue weighted by molar-refractivity contribution is 9.10. The number of hydrogen-bond acceptors (Lipinski definition) is 3. The molecule has 0 aliphatic carbocycles. The lowest BCUT2D eigenvalue weighted by molar-refractivity contribution is -0.390. The van der Waals surface area contributed by atoms with Crippen molar-refractivity contribution >= 4 is 33.4 Å². The van der Waals surface area contributed by atoms with Gasteiger partial charge in [-0.25, -0.2) is 0 Å². The van der Waals surface area contributed by atoms with Crippen molar-refractivity contribution in [2.24, 2.45) is 0 Å². The van der Waals surface area contributed by atoms with Crippen molar-refractivity contribution in [3.05, 3.63) is 62.9 Å². The van der Waals surface area contributed by atoms with Gasteiger partial charge in [0.15, 0.2) is 0 Å². The lowest BCUT2D eigenvalue weighted by atomic mass is 10.3. The first kappa shape index (κ1) is 13.0. The maximum atomic E-state index is 13.4. The van der Waals surface area contributed by atoms with Crippen molar-refractivity contribution in [1.82, 2.24) is 0 Å². The molecule has 0 bridgehead atoms. The van der Waals surface area contributed by atoms with Gasteiger partial charge in [-0.3, -0.25) is 10.1 Å². The van der Waals surface area contributed by atoms with Crippen LogP contribution in [-0.2, 0) is 0 Å². The van der Waals surface area contributed by atoms with Crippen LogP contribution in [0.2, 0.25) is 0 Å². The van der Waals surface area contributed by atoms with E-state index >= 15 is 0 Å². The van der Waals surface area contributed by atoms with E-state index < -0.39 is 16.4 Å². The summed E-state index contributed by atoms with van der Waals surface area (Å²) in [5, 5.41) is 10.8. The van der Waals surface area contributed by atoms with Crippen LogP contribution in [0, 0.1) is 15.9 Å². The number of nitro benzene ring substituents is 1. The van der Waals surface area contributed by atoms with Crippen molar-refractivity contribution in [3.8, 4) is 0 Å². The van der Waals surface area contributed by atoms with Crippen molar-refractivity contribution < 1.29 is 9.31 Å². The largest absolute Gasteiger partial charge is 0.318 e. The zero-order valence-electron chi connectivity index (χ0n) is 8.97. The second-order valence-electron chi connectivity index (χ2n) is 3.40. The second kappa shape index (κ2) is 5.49. The molecule has 0 aromatic heterocycles. The molecule has 0 amide bonds. The summed E-state index contributed by atoms with van der Waals surface area (Å²) < 4.78 is 14.3. The highest BCUT2D eigenvalue weighted by Gasteiger charge is 2.20. The van der Waals surface area contributed by atoms with E-state index in [0.717, 1.165) is 27.2 Å². The zero-order chi connectivity index (χ0) is 13.1. The first-order valence-electron chi connectivity index (χ1n) is 4.94. The highest BCUT2D eigenvalue weighted by Crippen LogP contribution is 2.36. The van der Waals surface area contributed by atoms with Crippen LogP contribution in [0.5, 0.6) is 0 Å². The minimum Gasteiger partial charge on any atom is -0.258 e. The number of rotatable bonds is 3. The Morgan fingerprint density at radius 3 is 2.44 bits per heavy atom. The minimum absolute atomic E-state index is 0.294. The molecule has 2 rings (SSSR count). The summed E-state index contributed by atoms with van der Waals surface area (Å²) in [7, 11) is 0. The molecule has 2 aromatic rings. The first-order chi connectivity index (χ1) is 8.58. The maximum absolute atomic E-state index is 13.4. The molecule has 0 aliphatic rings. The van der Waals surface area contributed by atoms with Crippen molar-refractivity contribution in [1.29, 1.82) is 0 Å². The van der Waals surface area contributed by atoms with E-state index in [1.807, 2.05) is 24.3 Å². The lowest BCUT2D eigenvalue weighted by Gasteiger charge is -2.03. The summed E-state index contributed by atoms with van der Waals surface area (Å²) in [6.07, 6.45) is 0. The predicted molar refractivity (Wildman–Crippen MR) is 71.3 cm³/mol. The first-order valence-corrected chi connectivity index (χ1v) is 6.55. The van der Waals surface area contributed by atoms with Crippen LogP contribution in [0.1, 0.15) is 0 Å². The van der Waals surface area contributed by atoms with Gasteiger partial charge < -0.3 is 0 Å². The Kier molecular flexibility index (Phi) is 3.98. The van der Waals surface area contributed by atoms with Crippen molar-refractivity contribution in [2.75, 3.05) is 0 Å². The molecule has 0 atom stereocenters. The van der Waals surface area contributed by atoms with E-state index in [4.69, 9.17) is 0 Å². The molecule has 0 fully saturated rings. The summed E-state index contributed by atoms with van der Waals surface area (Å²) in [5.74, 6) is -0.817. The molecule has 0 saturated carbocycles. The molecule has 0 saturated heterocycles. The van der Waals surface area contributed by atoms with Gasteiger partial charge in [-0.15, -0.1) is 0 Å².